The lowest BCUT2D eigenvalue weighted by Gasteiger charge is -2.33. The maximum Gasteiger partial charge on any atom is 0.348 e. The molecule has 8 heteroatoms. The normalized spacial score (nSPS) is 19.5. The van der Waals surface area contributed by atoms with Crippen molar-refractivity contribution in [2.45, 2.75) is 51.2 Å². The van der Waals surface area contributed by atoms with Crippen molar-refractivity contribution in [2.24, 2.45) is 5.73 Å². The summed E-state index contributed by atoms with van der Waals surface area (Å²) in [5.41, 5.74) is 13.4. The van der Waals surface area contributed by atoms with Gasteiger partial charge in [-0.25, -0.2) is 9.78 Å². The molecular weight excluding hydrogens is 494 g/mol. The molecule has 0 spiro atoms. The van der Waals surface area contributed by atoms with Gasteiger partial charge in [0.05, 0.1) is 28.9 Å². The number of nitrogens with zero attached hydrogens (tertiary/aromatic N) is 3. The maximum atomic E-state index is 12.8. The van der Waals surface area contributed by atoms with Crippen molar-refractivity contribution in [1.82, 2.24) is 19.9 Å². The Morgan fingerprint density at radius 2 is 1.89 bits per heavy atom. The molecule has 0 atom stereocenters. The Bertz CT molecular complexity index is 1630. The van der Waals surface area contributed by atoms with Gasteiger partial charge in [-0.1, -0.05) is 12.1 Å². The zero-order valence-electron chi connectivity index (χ0n) is 21.4. The number of rotatable bonds is 5. The predicted octanol–water partition coefficient (Wildman–Crippen LogP) is 6.54. The Hall–Kier alpha value is -3.88. The molecule has 1 aromatic carbocycles. The summed E-state index contributed by atoms with van der Waals surface area (Å²) < 4.78 is 5.79. The molecule has 0 aliphatic heterocycles. The van der Waals surface area contributed by atoms with Gasteiger partial charge >= 0.3 is 5.97 Å². The van der Waals surface area contributed by atoms with E-state index in [9.17, 15) is 4.79 Å². The number of carbonyl (C=O) groups excluding carboxylic acids is 1. The summed E-state index contributed by atoms with van der Waals surface area (Å²) in [7, 11) is 0. The van der Waals surface area contributed by atoms with Crippen LogP contribution in [0.15, 0.2) is 66.4 Å². The number of aromatic nitrogens is 4. The van der Waals surface area contributed by atoms with Crippen LogP contribution in [0.4, 0.5) is 0 Å². The first-order valence-electron chi connectivity index (χ1n) is 12.8. The number of fused-ring (bicyclic) bond motifs is 1. The second-order valence-electron chi connectivity index (χ2n) is 10.4. The minimum Gasteiger partial charge on any atom is -0.458 e. The van der Waals surface area contributed by atoms with E-state index in [1.54, 1.807) is 6.33 Å². The fourth-order valence-electron chi connectivity index (χ4n) is 5.00. The molecule has 1 aliphatic rings. The highest BCUT2D eigenvalue weighted by atomic mass is 32.1. The molecule has 4 aromatic heterocycles. The molecule has 7 nitrogen and oxygen atoms in total. The molecule has 0 radical (unpaired) electrons. The van der Waals surface area contributed by atoms with Gasteiger partial charge in [0.2, 0.25) is 0 Å². The van der Waals surface area contributed by atoms with E-state index in [1.807, 2.05) is 54.9 Å². The third kappa shape index (κ3) is 4.97. The van der Waals surface area contributed by atoms with Gasteiger partial charge in [0.1, 0.15) is 11.0 Å². The number of carbonyl (C=O) groups is 1. The van der Waals surface area contributed by atoms with Crippen LogP contribution >= 0.6 is 11.3 Å². The first kappa shape index (κ1) is 24.5. The van der Waals surface area contributed by atoms with Crippen molar-refractivity contribution < 1.29 is 9.53 Å². The van der Waals surface area contributed by atoms with E-state index in [0.29, 0.717) is 4.88 Å². The number of ether oxygens (including phenoxy) is 1. The molecular formula is C30H29N5O2S. The second-order valence-corrected chi connectivity index (χ2v) is 11.3. The lowest BCUT2D eigenvalue weighted by molar-refractivity contribution is 0.0158. The third-order valence-corrected chi connectivity index (χ3v) is 8.13. The molecule has 4 heterocycles. The van der Waals surface area contributed by atoms with Crippen molar-refractivity contribution in [1.29, 1.82) is 0 Å². The van der Waals surface area contributed by atoms with Crippen LogP contribution in [0.5, 0.6) is 0 Å². The number of aryl methyl sites for hydroxylation is 1. The highest BCUT2D eigenvalue weighted by Gasteiger charge is 2.29. The van der Waals surface area contributed by atoms with Crippen LogP contribution in [0.2, 0.25) is 0 Å². The number of aromatic amines is 1. The third-order valence-electron chi connectivity index (χ3n) is 7.22. The highest BCUT2D eigenvalue weighted by Crippen LogP contribution is 2.33. The molecule has 5 aromatic rings. The molecule has 38 heavy (non-hydrogen) atoms. The molecule has 1 fully saturated rings. The quantitative estimate of drug-likeness (QED) is 0.253. The predicted molar refractivity (Wildman–Crippen MR) is 151 cm³/mol. The topological polar surface area (TPSA) is 107 Å². The van der Waals surface area contributed by atoms with E-state index >= 15 is 0 Å². The summed E-state index contributed by atoms with van der Waals surface area (Å²) in [5.74, 6) is -0.265. The maximum absolute atomic E-state index is 12.8. The van der Waals surface area contributed by atoms with E-state index < -0.39 is 0 Å². The number of thiophene rings is 1. The summed E-state index contributed by atoms with van der Waals surface area (Å²) in [6, 6.07) is 16.1. The van der Waals surface area contributed by atoms with Gasteiger partial charge < -0.3 is 15.5 Å². The molecule has 1 aliphatic carbocycles. The zero-order chi connectivity index (χ0) is 26.3. The van der Waals surface area contributed by atoms with Crippen LogP contribution in [0.1, 0.15) is 48.0 Å². The van der Waals surface area contributed by atoms with Crippen molar-refractivity contribution in [3.63, 3.8) is 0 Å². The Morgan fingerprint density at radius 1 is 1.08 bits per heavy atom. The Labute approximate surface area is 225 Å². The Kier molecular flexibility index (Phi) is 6.29. The molecule has 1 saturated carbocycles. The first-order valence-corrected chi connectivity index (χ1v) is 13.7. The number of H-pyrrole nitrogens is 1. The molecule has 0 bridgehead atoms. The van der Waals surface area contributed by atoms with Crippen LogP contribution in [-0.2, 0) is 4.74 Å². The number of benzene rings is 1. The summed E-state index contributed by atoms with van der Waals surface area (Å²) in [5, 5.41) is 2.98. The summed E-state index contributed by atoms with van der Waals surface area (Å²) >= 11 is 1.40. The molecule has 3 N–H and O–H groups in total. The molecule has 0 saturated heterocycles. The first-order chi connectivity index (χ1) is 18.3. The fourth-order valence-corrected chi connectivity index (χ4v) is 5.80. The fraction of sp³-hybridized carbons (Fsp3) is 0.267. The number of imidazole rings is 1. The molecule has 0 unspecified atom stereocenters. The van der Waals surface area contributed by atoms with Crippen molar-refractivity contribution in [3.05, 3.63) is 77.0 Å². The summed E-state index contributed by atoms with van der Waals surface area (Å²) in [4.78, 5) is 30.6. The van der Waals surface area contributed by atoms with Crippen molar-refractivity contribution >= 4 is 28.2 Å². The van der Waals surface area contributed by atoms with Gasteiger partial charge in [-0.05, 0) is 86.9 Å². The number of esters is 1. The van der Waals surface area contributed by atoms with E-state index in [-0.39, 0.29) is 17.6 Å². The lowest BCUT2D eigenvalue weighted by Crippen LogP contribution is -2.42. The molecule has 0 amide bonds. The highest BCUT2D eigenvalue weighted by molar-refractivity contribution is 7.12. The van der Waals surface area contributed by atoms with Crippen molar-refractivity contribution in [2.75, 3.05) is 0 Å². The smallest absolute Gasteiger partial charge is 0.348 e. The van der Waals surface area contributed by atoms with Gasteiger partial charge in [-0.2, -0.15) is 0 Å². The lowest BCUT2D eigenvalue weighted by atomic mass is 9.83. The minimum atomic E-state index is -0.265. The van der Waals surface area contributed by atoms with Crippen LogP contribution in [0.25, 0.3) is 44.7 Å². The number of pyridine rings is 2. The molecule has 192 valence electrons. The average Bonchev–Trinajstić information content (AvgIpc) is 3.60. The Morgan fingerprint density at radius 3 is 2.71 bits per heavy atom. The number of nitrogens with two attached hydrogens (primary N) is 1. The minimum absolute atomic E-state index is 0.0626. The van der Waals surface area contributed by atoms with Crippen molar-refractivity contribution in [3.8, 4) is 33.8 Å². The largest absolute Gasteiger partial charge is 0.458 e. The van der Waals surface area contributed by atoms with E-state index in [1.165, 1.54) is 11.3 Å². The summed E-state index contributed by atoms with van der Waals surface area (Å²) in [6.45, 7) is 4.04. The zero-order valence-corrected chi connectivity index (χ0v) is 22.2. The number of hydrogen-bond acceptors (Lipinski definition) is 7. The van der Waals surface area contributed by atoms with Gasteiger partial charge in [-0.3, -0.25) is 9.97 Å². The standard InChI is InChI=1S/C30H29N5O2S/c1-18-4-3-5-25(35-18)28-27(33-17-34-28)19-6-7-24-20(12-19)13-21(15-32-24)22-14-26(38-16-22)29(36)37-23-8-10-30(2,31)11-9-23/h3-7,12-17,23H,8-11,31H2,1-2H3,(H,33,34)/t23-,30-. The van der Waals surface area contributed by atoms with Gasteiger partial charge in [0.15, 0.2) is 0 Å². The van der Waals surface area contributed by atoms with Crippen LogP contribution < -0.4 is 5.73 Å². The van der Waals surface area contributed by atoms with E-state index in [0.717, 1.165) is 76.1 Å². The summed E-state index contributed by atoms with van der Waals surface area (Å²) in [6.07, 6.45) is 6.84. The Balaban J connectivity index is 1.24. The molecule has 6 rings (SSSR count). The van der Waals surface area contributed by atoms with Gasteiger partial charge in [0, 0.05) is 33.9 Å². The van der Waals surface area contributed by atoms with Crippen LogP contribution in [-0.4, -0.2) is 37.5 Å². The number of nitrogens with one attached hydrogen (secondary N) is 1. The van der Waals surface area contributed by atoms with E-state index in [2.05, 4.69) is 39.0 Å². The van der Waals surface area contributed by atoms with Gasteiger partial charge in [-0.15, -0.1) is 11.3 Å². The second kappa shape index (κ2) is 9.78. The SMILES string of the molecule is Cc1cccc(-c2[nH]cnc2-c2ccc3ncc(-c4csc(C(=O)O[C@H]5CC[C@](C)(N)CC5)c4)cc3c2)n1. The van der Waals surface area contributed by atoms with Gasteiger partial charge in [0.25, 0.3) is 0 Å². The average molecular weight is 524 g/mol. The number of hydrogen-bond donors (Lipinski definition) is 2. The van der Waals surface area contributed by atoms with Crippen LogP contribution in [0.3, 0.4) is 0 Å². The van der Waals surface area contributed by atoms with Crippen LogP contribution in [0, 0.1) is 6.92 Å². The monoisotopic (exact) mass is 523 g/mol. The van der Waals surface area contributed by atoms with E-state index in [4.69, 9.17) is 10.5 Å².